The third-order valence-corrected chi connectivity index (χ3v) is 4.08. The Morgan fingerprint density at radius 3 is 2.64 bits per heavy atom. The number of nitrogens with one attached hydrogen (secondary N) is 1. The molecule has 11 heteroatoms. The predicted molar refractivity (Wildman–Crippen MR) is 95.9 cm³/mol. The van der Waals surface area contributed by atoms with E-state index < -0.39 is 10.8 Å². The first-order valence-electron chi connectivity index (χ1n) is 8.28. The van der Waals surface area contributed by atoms with Crippen molar-refractivity contribution in [1.82, 2.24) is 20.2 Å². The number of carbonyl (C=O) groups is 1. The van der Waals surface area contributed by atoms with E-state index in [2.05, 4.69) is 20.8 Å². The Balaban J connectivity index is 1.66. The van der Waals surface area contributed by atoms with Gasteiger partial charge in [0.1, 0.15) is 18.8 Å². The Bertz CT molecular complexity index is 1080. The first-order chi connectivity index (χ1) is 13.5. The Kier molecular flexibility index (Phi) is 4.32. The molecule has 2 heterocycles. The zero-order valence-corrected chi connectivity index (χ0v) is 14.7. The molecule has 1 amide bonds. The van der Waals surface area contributed by atoms with Gasteiger partial charge in [0.15, 0.2) is 17.3 Å². The zero-order valence-electron chi connectivity index (χ0n) is 14.7. The van der Waals surface area contributed by atoms with Crippen LogP contribution >= 0.6 is 0 Å². The number of nitrogens with zero attached hydrogens (tertiary/aromatic N) is 5. The normalized spacial score (nSPS) is 12.5. The van der Waals surface area contributed by atoms with Crippen LogP contribution in [0.3, 0.4) is 0 Å². The molecule has 2 aromatic carbocycles. The highest BCUT2D eigenvalue weighted by atomic mass is 16.6. The first kappa shape index (κ1) is 17.4. The fourth-order valence-corrected chi connectivity index (χ4v) is 2.80. The van der Waals surface area contributed by atoms with Crippen LogP contribution in [0, 0.1) is 17.0 Å². The van der Waals surface area contributed by atoms with Crippen molar-refractivity contribution in [3.8, 4) is 17.2 Å². The summed E-state index contributed by atoms with van der Waals surface area (Å²) in [5.74, 6) is 0.464. The Hall–Kier alpha value is -4.02. The fraction of sp³-hybridized carbons (Fsp3) is 0.176. The molecular formula is C17H14N6O5. The molecule has 0 aliphatic carbocycles. The van der Waals surface area contributed by atoms with Crippen molar-refractivity contribution in [2.24, 2.45) is 0 Å². The number of tetrazole rings is 1. The zero-order chi connectivity index (χ0) is 19.7. The molecule has 0 atom stereocenters. The van der Waals surface area contributed by atoms with Gasteiger partial charge < -0.3 is 14.8 Å². The van der Waals surface area contributed by atoms with E-state index in [0.717, 1.165) is 0 Å². The predicted octanol–water partition coefficient (Wildman–Crippen LogP) is 1.90. The molecular weight excluding hydrogens is 368 g/mol. The first-order valence-corrected chi connectivity index (χ1v) is 8.28. The molecule has 142 valence electrons. The topological polar surface area (TPSA) is 134 Å². The van der Waals surface area contributed by atoms with Crippen LogP contribution in [0.25, 0.3) is 5.69 Å². The SMILES string of the molecule is Cc1nnnn1-c1cccc(NC(=O)c2cc3c(cc2[N+](=O)[O-])OCCO3)c1. The number of nitro groups is 1. The number of fused-ring (bicyclic) bond motifs is 1. The average Bonchev–Trinajstić information content (AvgIpc) is 3.13. The maximum absolute atomic E-state index is 12.7. The molecule has 0 spiro atoms. The molecule has 28 heavy (non-hydrogen) atoms. The number of benzene rings is 2. The van der Waals surface area contributed by atoms with Gasteiger partial charge in [-0.25, -0.2) is 0 Å². The molecule has 0 unspecified atom stereocenters. The molecule has 0 radical (unpaired) electrons. The summed E-state index contributed by atoms with van der Waals surface area (Å²) in [6.07, 6.45) is 0. The maximum atomic E-state index is 12.7. The van der Waals surface area contributed by atoms with Gasteiger partial charge in [-0.05, 0) is 35.5 Å². The van der Waals surface area contributed by atoms with Crippen LogP contribution in [0.5, 0.6) is 11.5 Å². The number of aryl methyl sites for hydroxylation is 1. The molecule has 0 saturated carbocycles. The molecule has 11 nitrogen and oxygen atoms in total. The van der Waals surface area contributed by atoms with Gasteiger partial charge in [0.05, 0.1) is 16.7 Å². The fourth-order valence-electron chi connectivity index (χ4n) is 2.80. The second-order valence-electron chi connectivity index (χ2n) is 5.91. The van der Waals surface area contributed by atoms with Crippen LogP contribution in [0.15, 0.2) is 36.4 Å². The van der Waals surface area contributed by atoms with Gasteiger partial charge in [-0.1, -0.05) is 6.07 Å². The largest absolute Gasteiger partial charge is 0.486 e. The Morgan fingerprint density at radius 2 is 1.96 bits per heavy atom. The van der Waals surface area contributed by atoms with E-state index in [-0.39, 0.29) is 17.0 Å². The van der Waals surface area contributed by atoms with Crippen molar-refractivity contribution in [3.05, 3.63) is 57.9 Å². The number of anilines is 1. The van der Waals surface area contributed by atoms with Crippen molar-refractivity contribution in [2.75, 3.05) is 18.5 Å². The second kappa shape index (κ2) is 6.95. The number of aromatic nitrogens is 4. The molecule has 0 fully saturated rings. The van der Waals surface area contributed by atoms with Crippen LogP contribution < -0.4 is 14.8 Å². The van der Waals surface area contributed by atoms with Crippen molar-refractivity contribution in [2.45, 2.75) is 6.92 Å². The number of hydrogen-bond acceptors (Lipinski definition) is 8. The number of ether oxygens (including phenoxy) is 2. The van der Waals surface area contributed by atoms with Crippen molar-refractivity contribution >= 4 is 17.3 Å². The van der Waals surface area contributed by atoms with Gasteiger partial charge in [0.2, 0.25) is 0 Å². The number of amides is 1. The molecule has 0 bridgehead atoms. The minimum atomic E-state index is -0.644. The lowest BCUT2D eigenvalue weighted by atomic mass is 10.1. The minimum Gasteiger partial charge on any atom is -0.486 e. The third kappa shape index (κ3) is 3.20. The van der Waals surface area contributed by atoms with E-state index in [0.29, 0.717) is 36.2 Å². The molecule has 1 aliphatic rings. The van der Waals surface area contributed by atoms with Gasteiger partial charge in [-0.2, -0.15) is 4.68 Å². The van der Waals surface area contributed by atoms with Crippen molar-refractivity contribution < 1.29 is 19.2 Å². The quantitative estimate of drug-likeness (QED) is 0.534. The molecule has 1 aliphatic heterocycles. The van der Waals surface area contributed by atoms with Crippen LogP contribution in [-0.2, 0) is 0 Å². The van der Waals surface area contributed by atoms with E-state index >= 15 is 0 Å². The highest BCUT2D eigenvalue weighted by molar-refractivity contribution is 6.07. The lowest BCUT2D eigenvalue weighted by Crippen LogP contribution is -2.18. The van der Waals surface area contributed by atoms with Gasteiger partial charge in [-0.15, -0.1) is 5.10 Å². The minimum absolute atomic E-state index is 0.127. The van der Waals surface area contributed by atoms with Crippen LogP contribution in [-0.4, -0.2) is 44.3 Å². The summed E-state index contributed by atoms with van der Waals surface area (Å²) in [6, 6.07) is 9.31. The summed E-state index contributed by atoms with van der Waals surface area (Å²) in [5, 5.41) is 25.3. The summed E-state index contributed by atoms with van der Waals surface area (Å²) >= 11 is 0. The molecule has 4 rings (SSSR count). The Morgan fingerprint density at radius 1 is 1.21 bits per heavy atom. The molecule has 3 aromatic rings. The second-order valence-corrected chi connectivity index (χ2v) is 5.91. The average molecular weight is 382 g/mol. The standard InChI is InChI=1S/C17H14N6O5/c1-10-19-20-21-22(10)12-4-2-3-11(7-12)18-17(24)13-8-15-16(28-6-5-27-15)9-14(13)23(25)26/h2-4,7-9H,5-6H2,1H3,(H,18,24). The summed E-state index contributed by atoms with van der Waals surface area (Å²) in [6.45, 7) is 2.34. The molecule has 1 N–H and O–H groups in total. The number of nitro benzene ring substituents is 1. The summed E-state index contributed by atoms with van der Waals surface area (Å²) in [4.78, 5) is 23.5. The van der Waals surface area contributed by atoms with Gasteiger partial charge in [0.25, 0.3) is 11.6 Å². The van der Waals surface area contributed by atoms with Gasteiger partial charge in [0, 0.05) is 11.8 Å². The summed E-state index contributed by atoms with van der Waals surface area (Å²) < 4.78 is 12.3. The number of carbonyl (C=O) groups excluding carboxylic acids is 1. The highest BCUT2D eigenvalue weighted by Crippen LogP contribution is 2.36. The molecule has 1 aromatic heterocycles. The highest BCUT2D eigenvalue weighted by Gasteiger charge is 2.26. The van der Waals surface area contributed by atoms with Crippen LogP contribution in [0.1, 0.15) is 16.2 Å². The van der Waals surface area contributed by atoms with Gasteiger partial charge in [-0.3, -0.25) is 14.9 Å². The van der Waals surface area contributed by atoms with Crippen molar-refractivity contribution in [3.63, 3.8) is 0 Å². The maximum Gasteiger partial charge on any atom is 0.286 e. The third-order valence-electron chi connectivity index (χ3n) is 4.08. The van der Waals surface area contributed by atoms with E-state index in [1.165, 1.54) is 16.8 Å². The monoisotopic (exact) mass is 382 g/mol. The molecule has 0 saturated heterocycles. The van der Waals surface area contributed by atoms with E-state index in [1.54, 1.807) is 31.2 Å². The van der Waals surface area contributed by atoms with Crippen molar-refractivity contribution in [1.29, 1.82) is 0 Å². The number of hydrogen-bond donors (Lipinski definition) is 1. The summed E-state index contributed by atoms with van der Waals surface area (Å²) in [5.41, 5.74) is 0.575. The van der Waals surface area contributed by atoms with Crippen LogP contribution in [0.2, 0.25) is 0 Å². The lowest BCUT2D eigenvalue weighted by molar-refractivity contribution is -0.385. The van der Waals surface area contributed by atoms with E-state index in [9.17, 15) is 14.9 Å². The number of rotatable bonds is 4. The smallest absolute Gasteiger partial charge is 0.286 e. The van der Waals surface area contributed by atoms with E-state index in [4.69, 9.17) is 9.47 Å². The van der Waals surface area contributed by atoms with Crippen LogP contribution in [0.4, 0.5) is 11.4 Å². The Labute approximate surface area is 158 Å². The van der Waals surface area contributed by atoms with Gasteiger partial charge >= 0.3 is 0 Å². The van der Waals surface area contributed by atoms with E-state index in [1.807, 2.05) is 0 Å². The lowest BCUT2D eigenvalue weighted by Gasteiger charge is -2.19. The summed E-state index contributed by atoms with van der Waals surface area (Å²) in [7, 11) is 0.